The quantitative estimate of drug-likeness (QED) is 0.101. The molecule has 2 aliphatic heterocycles. The van der Waals surface area contributed by atoms with E-state index in [2.05, 4.69) is 187 Å². The van der Waals surface area contributed by atoms with E-state index < -0.39 is 103 Å². The number of nitrogens with one attached hydrogen (secondary N) is 2. The summed E-state index contributed by atoms with van der Waals surface area (Å²) in [7, 11) is -12.4. The maximum absolute atomic E-state index is 13.6. The zero-order valence-electron chi connectivity index (χ0n) is 47.3. The minimum absolute atomic E-state index is 0.0745. The van der Waals surface area contributed by atoms with Gasteiger partial charge in [0.05, 0.1) is 37.6 Å². The number of carbonyl (C=O) groups is 2. The van der Waals surface area contributed by atoms with E-state index in [1.54, 1.807) is 0 Å². The number of ether oxygens (including phenoxy) is 3. The third-order valence-corrected chi connectivity index (χ3v) is 38.8. The van der Waals surface area contributed by atoms with Crippen molar-refractivity contribution in [1.82, 2.24) is 10.6 Å². The molecule has 2 amide bonds. The fourth-order valence-electron chi connectivity index (χ4n) is 6.77. The molecule has 66 heavy (non-hydrogen) atoms. The van der Waals surface area contributed by atoms with Gasteiger partial charge < -0.3 is 47.0 Å². The SMILES string of the molecule is C=CC[C@@H]1O[C@H](CO[Si](C)(C)C(C)(C)C)[C@@H](O[C@@H]2O[C@H](CO[Si](C)(C)C(C)(C)C)[C@@H](O[Si](C)(C)C(C)(C)C)[C@H](O[Si](C)(C)C(C)(C)C)[C@H]2NC(C)=O)[C@H](O[Si](C)(C)C(C)(C)C)[C@H]1NC(C)=O. The van der Waals surface area contributed by atoms with Crippen LogP contribution in [0.5, 0.6) is 0 Å². The van der Waals surface area contributed by atoms with Crippen LogP contribution in [0.25, 0.3) is 0 Å². The highest BCUT2D eigenvalue weighted by Gasteiger charge is 2.58. The average Bonchev–Trinajstić information content (AvgIpc) is 3.08. The predicted octanol–water partition coefficient (Wildman–Crippen LogP) is 11.7. The van der Waals surface area contributed by atoms with Crippen molar-refractivity contribution in [2.45, 2.75) is 276 Å². The summed E-state index contributed by atoms with van der Waals surface area (Å²) in [5.74, 6) is -0.463. The first kappa shape index (κ1) is 61.6. The van der Waals surface area contributed by atoms with E-state index in [1.165, 1.54) is 13.8 Å². The molecular formula is C49H102N2O10Si5. The molecule has 0 saturated carbocycles. The first-order valence-corrected chi connectivity index (χ1v) is 39.2. The highest BCUT2D eigenvalue weighted by atomic mass is 28.4. The van der Waals surface area contributed by atoms with E-state index in [4.69, 9.17) is 36.3 Å². The molecule has 388 valence electrons. The van der Waals surface area contributed by atoms with Crippen LogP contribution in [0.4, 0.5) is 0 Å². The van der Waals surface area contributed by atoms with Crippen LogP contribution in [0.15, 0.2) is 12.7 Å². The predicted molar refractivity (Wildman–Crippen MR) is 285 cm³/mol. The molecule has 0 bridgehead atoms. The molecule has 0 aliphatic carbocycles. The average molecular weight is 1020 g/mol. The van der Waals surface area contributed by atoms with E-state index in [9.17, 15) is 9.59 Å². The Hall–Kier alpha value is -0.556. The van der Waals surface area contributed by atoms with Gasteiger partial charge in [0, 0.05) is 13.8 Å². The summed E-state index contributed by atoms with van der Waals surface area (Å²) in [4.78, 5) is 26.9. The van der Waals surface area contributed by atoms with E-state index in [1.807, 2.05) is 6.08 Å². The van der Waals surface area contributed by atoms with Gasteiger partial charge in [-0.2, -0.15) is 0 Å². The summed E-state index contributed by atoms with van der Waals surface area (Å²) in [5.41, 5.74) is 0. The van der Waals surface area contributed by atoms with Gasteiger partial charge in [0.15, 0.2) is 47.9 Å². The number of hydrogen-bond donors (Lipinski definition) is 2. The van der Waals surface area contributed by atoms with Crippen LogP contribution in [0.1, 0.15) is 124 Å². The molecular weight excluding hydrogens is 917 g/mol. The van der Waals surface area contributed by atoms with Gasteiger partial charge in [0.1, 0.15) is 30.5 Å². The van der Waals surface area contributed by atoms with Gasteiger partial charge in [-0.25, -0.2) is 0 Å². The van der Waals surface area contributed by atoms with E-state index in [-0.39, 0.29) is 50.2 Å². The number of carbonyl (C=O) groups excluding carboxylic acids is 2. The molecule has 12 nitrogen and oxygen atoms in total. The number of hydrogen-bond acceptors (Lipinski definition) is 10. The topological polar surface area (TPSA) is 132 Å². The lowest BCUT2D eigenvalue weighted by Gasteiger charge is -2.55. The summed E-state index contributed by atoms with van der Waals surface area (Å²) in [6.07, 6.45) is -3.45. The zero-order valence-corrected chi connectivity index (χ0v) is 52.3. The molecule has 10 atom stereocenters. The molecule has 17 heteroatoms. The molecule has 2 N–H and O–H groups in total. The Balaban J connectivity index is 3.16. The van der Waals surface area contributed by atoms with E-state index in [0.29, 0.717) is 6.42 Å². The van der Waals surface area contributed by atoms with Gasteiger partial charge in [-0.3, -0.25) is 9.59 Å². The smallest absolute Gasteiger partial charge is 0.217 e. The Morgan fingerprint density at radius 1 is 0.485 bits per heavy atom. The Morgan fingerprint density at radius 3 is 1.14 bits per heavy atom. The first-order valence-electron chi connectivity index (χ1n) is 24.7. The molecule has 0 radical (unpaired) electrons. The van der Waals surface area contributed by atoms with Crippen LogP contribution in [0.2, 0.25) is 90.7 Å². The molecule has 2 aliphatic rings. The minimum Gasteiger partial charge on any atom is -0.414 e. The standard InChI is InChI=1S/C49H102N2O10Si5/c1-29-30-35-38(50-33(2)52)42(60-65(25,26)48(13,14)15)40(36(56-35)31-54-62(19,20)45(4,5)6)58-44-39(51-34(3)53)43(61-66(27,28)49(16,17)18)41(59-64(23,24)47(10,11)12)37(57-44)32-55-63(21,22)46(7,8)9/h29,35-44H,1,30-32H2,2-28H3,(H,50,52)(H,51,53)/t35-,36+,37+,38-,39+,40+,41+,42+,43+,44-/m0/s1. The largest absolute Gasteiger partial charge is 0.414 e. The summed E-state index contributed by atoms with van der Waals surface area (Å²) >= 11 is 0. The van der Waals surface area contributed by atoms with Gasteiger partial charge in [-0.15, -0.1) is 6.58 Å². The summed E-state index contributed by atoms with van der Waals surface area (Å²) in [6.45, 7) is 63.2. The zero-order chi connectivity index (χ0) is 51.8. The third-order valence-electron chi connectivity index (χ3n) is 16.4. The highest BCUT2D eigenvalue weighted by Crippen LogP contribution is 2.46. The molecule has 0 unspecified atom stereocenters. The van der Waals surface area contributed by atoms with Gasteiger partial charge in [0.25, 0.3) is 0 Å². The van der Waals surface area contributed by atoms with Crippen LogP contribution in [-0.2, 0) is 45.9 Å². The van der Waals surface area contributed by atoms with Gasteiger partial charge in [-0.05, 0) is 97.1 Å². The first-order chi connectivity index (χ1) is 29.2. The lowest BCUT2D eigenvalue weighted by Crippen LogP contribution is -2.72. The highest BCUT2D eigenvalue weighted by molar-refractivity contribution is 6.75. The second-order valence-electron chi connectivity index (χ2n) is 27.0. The van der Waals surface area contributed by atoms with Crippen LogP contribution in [-0.4, -0.2) is 128 Å². The normalized spacial score (nSPS) is 28.2. The summed E-state index contributed by atoms with van der Waals surface area (Å²) in [6, 6.07) is -1.44. The summed E-state index contributed by atoms with van der Waals surface area (Å²) < 4.78 is 58.7. The second-order valence-corrected chi connectivity index (χ2v) is 50.9. The van der Waals surface area contributed by atoms with Crippen LogP contribution < -0.4 is 10.6 Å². The van der Waals surface area contributed by atoms with Crippen molar-refractivity contribution in [2.75, 3.05) is 13.2 Å². The van der Waals surface area contributed by atoms with Crippen molar-refractivity contribution in [3.63, 3.8) is 0 Å². The molecule has 2 fully saturated rings. The monoisotopic (exact) mass is 1020 g/mol. The maximum atomic E-state index is 13.6. The number of rotatable bonds is 18. The Morgan fingerprint density at radius 2 is 0.803 bits per heavy atom. The number of amides is 2. The van der Waals surface area contributed by atoms with Crippen molar-refractivity contribution in [3.8, 4) is 0 Å². The van der Waals surface area contributed by atoms with Crippen molar-refractivity contribution in [2.24, 2.45) is 0 Å². The Bertz CT molecular complexity index is 1620. The lowest BCUT2D eigenvalue weighted by atomic mass is 9.90. The van der Waals surface area contributed by atoms with Gasteiger partial charge >= 0.3 is 0 Å². The van der Waals surface area contributed by atoms with E-state index >= 15 is 0 Å². The van der Waals surface area contributed by atoms with Crippen molar-refractivity contribution in [3.05, 3.63) is 12.7 Å². The van der Waals surface area contributed by atoms with Gasteiger partial charge in [-0.1, -0.05) is 110 Å². The van der Waals surface area contributed by atoms with Gasteiger partial charge in [0.2, 0.25) is 11.8 Å². The van der Waals surface area contributed by atoms with Crippen molar-refractivity contribution in [1.29, 1.82) is 0 Å². The fourth-order valence-corrected chi connectivity index (χ4v) is 12.8. The van der Waals surface area contributed by atoms with Crippen LogP contribution >= 0.6 is 0 Å². The maximum Gasteiger partial charge on any atom is 0.217 e. The third kappa shape index (κ3) is 15.5. The second kappa shape index (κ2) is 21.7. The Labute approximate surface area is 409 Å². The van der Waals surface area contributed by atoms with Crippen LogP contribution in [0.3, 0.4) is 0 Å². The molecule has 2 rings (SSSR count). The van der Waals surface area contributed by atoms with E-state index in [0.717, 1.165) is 0 Å². The fraction of sp³-hybridized carbons (Fsp3) is 0.918. The summed E-state index contributed by atoms with van der Waals surface area (Å²) in [5, 5.41) is 5.86. The molecule has 2 heterocycles. The van der Waals surface area contributed by atoms with Crippen molar-refractivity contribution >= 4 is 53.4 Å². The lowest BCUT2D eigenvalue weighted by molar-refractivity contribution is -0.309. The molecule has 0 aromatic rings. The van der Waals surface area contributed by atoms with Crippen LogP contribution in [0, 0.1) is 0 Å². The molecule has 2 saturated heterocycles. The molecule has 0 spiro atoms. The Kier molecular flexibility index (Phi) is 20.2. The molecule has 0 aromatic carbocycles. The molecule has 0 aromatic heterocycles. The van der Waals surface area contributed by atoms with Crippen molar-refractivity contribution < 1.29 is 45.9 Å². The minimum atomic E-state index is -2.60.